The number of hydrogen-bond donors (Lipinski definition) is 0. The molecule has 0 unspecified atom stereocenters. The summed E-state index contributed by atoms with van der Waals surface area (Å²) in [6.07, 6.45) is 0.323. The molecule has 0 bridgehead atoms. The van der Waals surface area contributed by atoms with Gasteiger partial charge >= 0.3 is 0 Å². The molecular formula is C15H20O3S2. The topological polar surface area (TPSA) is 51.2 Å². The molecule has 2 rings (SSSR count). The van der Waals surface area contributed by atoms with Crippen molar-refractivity contribution in [2.45, 2.75) is 24.9 Å². The summed E-state index contributed by atoms with van der Waals surface area (Å²) in [7, 11) is -2.13. The molecule has 0 radical (unpaired) electrons. The van der Waals surface area contributed by atoms with E-state index in [4.69, 9.17) is 0 Å². The van der Waals surface area contributed by atoms with Crippen molar-refractivity contribution in [3.05, 3.63) is 35.9 Å². The Balaban J connectivity index is 2.16. The van der Waals surface area contributed by atoms with Gasteiger partial charge in [-0.15, -0.1) is 0 Å². The van der Waals surface area contributed by atoms with Crippen LogP contribution >= 0.6 is 0 Å². The number of benzene rings is 1. The minimum absolute atomic E-state index is 0.0465. The number of ketones is 1. The molecule has 1 aliphatic rings. The van der Waals surface area contributed by atoms with Crippen molar-refractivity contribution in [1.29, 1.82) is 0 Å². The van der Waals surface area contributed by atoms with Crippen molar-refractivity contribution in [1.82, 2.24) is 0 Å². The Labute approximate surface area is 125 Å². The Morgan fingerprint density at radius 3 is 2.20 bits per heavy atom. The number of hydrogen-bond acceptors (Lipinski definition) is 3. The van der Waals surface area contributed by atoms with E-state index >= 15 is 0 Å². The maximum Gasteiger partial charge on any atom is 0.163 e. The SMILES string of the molecule is CC(C)[C@@H](CC(=O)c1ccccc1)C1[S@](=O)CC[S@]1=O. The molecular weight excluding hydrogens is 292 g/mol. The second-order valence-electron chi connectivity index (χ2n) is 5.44. The van der Waals surface area contributed by atoms with Crippen LogP contribution in [-0.2, 0) is 21.6 Å². The van der Waals surface area contributed by atoms with Crippen LogP contribution in [0.1, 0.15) is 30.6 Å². The van der Waals surface area contributed by atoms with E-state index in [9.17, 15) is 13.2 Å². The number of carbonyl (C=O) groups is 1. The molecule has 0 saturated carbocycles. The van der Waals surface area contributed by atoms with Crippen molar-refractivity contribution in [3.8, 4) is 0 Å². The third-order valence-corrected chi connectivity index (χ3v) is 8.22. The smallest absolute Gasteiger partial charge is 0.163 e. The van der Waals surface area contributed by atoms with Crippen molar-refractivity contribution >= 4 is 27.4 Å². The molecule has 0 aromatic heterocycles. The standard InChI is InChI=1S/C15H20O3S2/c1-11(2)13(15-19(17)8-9-20(15)18)10-14(16)12-6-4-3-5-7-12/h3-7,11,13,15H,8-10H2,1-2H3/t13-,19-,20-/m1/s1. The maximum absolute atomic E-state index is 12.3. The highest BCUT2D eigenvalue weighted by atomic mass is 32.3. The largest absolute Gasteiger partial charge is 0.294 e. The summed E-state index contributed by atoms with van der Waals surface area (Å²) in [6.45, 7) is 4.02. The average molecular weight is 312 g/mol. The summed E-state index contributed by atoms with van der Waals surface area (Å²) in [4.78, 5) is 12.3. The van der Waals surface area contributed by atoms with Gasteiger partial charge in [0.05, 0.1) is 0 Å². The minimum atomic E-state index is -1.07. The first-order valence-electron chi connectivity index (χ1n) is 6.83. The van der Waals surface area contributed by atoms with E-state index in [1.807, 2.05) is 32.0 Å². The molecule has 0 amide bonds. The van der Waals surface area contributed by atoms with Crippen LogP contribution < -0.4 is 0 Å². The number of carbonyl (C=O) groups excluding carboxylic acids is 1. The van der Waals surface area contributed by atoms with E-state index in [0.717, 1.165) is 0 Å². The molecule has 0 aliphatic carbocycles. The molecule has 0 spiro atoms. The summed E-state index contributed by atoms with van der Waals surface area (Å²) in [6, 6.07) is 9.13. The van der Waals surface area contributed by atoms with Crippen molar-refractivity contribution in [2.75, 3.05) is 11.5 Å². The van der Waals surface area contributed by atoms with Crippen LogP contribution in [0.3, 0.4) is 0 Å². The van der Waals surface area contributed by atoms with Crippen LogP contribution in [0.15, 0.2) is 30.3 Å². The highest BCUT2D eigenvalue weighted by molar-refractivity contribution is 8.06. The zero-order valence-corrected chi connectivity index (χ0v) is 13.4. The van der Waals surface area contributed by atoms with Gasteiger partial charge in [0.1, 0.15) is 4.58 Å². The van der Waals surface area contributed by atoms with Crippen LogP contribution in [0, 0.1) is 11.8 Å². The van der Waals surface area contributed by atoms with Crippen LogP contribution in [0.25, 0.3) is 0 Å². The van der Waals surface area contributed by atoms with Crippen LogP contribution in [0.4, 0.5) is 0 Å². The predicted octanol–water partition coefficient (Wildman–Crippen LogP) is 2.37. The van der Waals surface area contributed by atoms with Gasteiger partial charge in [-0.3, -0.25) is 13.2 Å². The minimum Gasteiger partial charge on any atom is -0.294 e. The van der Waals surface area contributed by atoms with Crippen LogP contribution in [0.2, 0.25) is 0 Å². The van der Waals surface area contributed by atoms with Gasteiger partial charge in [0.25, 0.3) is 0 Å². The van der Waals surface area contributed by atoms with Gasteiger partial charge in [-0.05, 0) is 11.8 Å². The highest BCUT2D eigenvalue weighted by Crippen LogP contribution is 2.30. The lowest BCUT2D eigenvalue weighted by molar-refractivity contribution is 0.0952. The van der Waals surface area contributed by atoms with E-state index in [0.29, 0.717) is 23.5 Å². The zero-order valence-electron chi connectivity index (χ0n) is 11.8. The van der Waals surface area contributed by atoms with Gasteiger partial charge in [-0.2, -0.15) is 0 Å². The first kappa shape index (κ1) is 15.6. The number of Topliss-reactive ketones (excluding diaryl/α,β-unsaturated/α-hetero) is 1. The summed E-state index contributed by atoms with van der Waals surface area (Å²) < 4.78 is 23.8. The molecule has 1 saturated heterocycles. The normalized spacial score (nSPS) is 24.9. The van der Waals surface area contributed by atoms with E-state index in [1.165, 1.54) is 0 Å². The van der Waals surface area contributed by atoms with E-state index in [-0.39, 0.29) is 22.2 Å². The zero-order chi connectivity index (χ0) is 14.7. The lowest BCUT2D eigenvalue weighted by Gasteiger charge is -2.24. The first-order chi connectivity index (χ1) is 9.50. The fraction of sp³-hybridized carbons (Fsp3) is 0.533. The Bertz CT molecular complexity index is 509. The fourth-order valence-electron chi connectivity index (χ4n) is 2.51. The van der Waals surface area contributed by atoms with Crippen molar-refractivity contribution in [2.24, 2.45) is 11.8 Å². The molecule has 1 fully saturated rings. The summed E-state index contributed by atoms with van der Waals surface area (Å²) in [5, 5.41) is 0. The van der Waals surface area contributed by atoms with Crippen LogP contribution in [-0.4, -0.2) is 30.3 Å². The Hall–Kier alpha value is -0.810. The van der Waals surface area contributed by atoms with Crippen molar-refractivity contribution < 1.29 is 13.2 Å². The third kappa shape index (κ3) is 3.44. The lowest BCUT2D eigenvalue weighted by Crippen LogP contribution is -2.31. The summed E-state index contributed by atoms with van der Waals surface area (Å²) in [5.74, 6) is 1.16. The maximum atomic E-state index is 12.3. The van der Waals surface area contributed by atoms with E-state index in [2.05, 4.69) is 0 Å². The molecule has 5 heteroatoms. The Kier molecular flexibility index (Phi) is 5.27. The molecule has 1 heterocycles. The second kappa shape index (κ2) is 6.76. The molecule has 0 N–H and O–H groups in total. The lowest BCUT2D eigenvalue weighted by atomic mass is 9.90. The Morgan fingerprint density at radius 2 is 1.70 bits per heavy atom. The third-order valence-electron chi connectivity index (χ3n) is 3.73. The molecule has 20 heavy (non-hydrogen) atoms. The van der Waals surface area contributed by atoms with Gasteiger partial charge in [0.2, 0.25) is 0 Å². The second-order valence-corrected chi connectivity index (χ2v) is 9.09. The van der Waals surface area contributed by atoms with Gasteiger partial charge in [-0.1, -0.05) is 44.2 Å². The molecule has 1 aliphatic heterocycles. The van der Waals surface area contributed by atoms with Gasteiger partial charge < -0.3 is 0 Å². The predicted molar refractivity (Wildman–Crippen MR) is 83.5 cm³/mol. The number of rotatable bonds is 5. The first-order valence-corrected chi connectivity index (χ1v) is 9.59. The quantitative estimate of drug-likeness (QED) is 0.784. The molecule has 3 nitrogen and oxygen atoms in total. The molecule has 110 valence electrons. The van der Waals surface area contributed by atoms with Crippen LogP contribution in [0.5, 0.6) is 0 Å². The molecule has 1 aromatic carbocycles. The van der Waals surface area contributed by atoms with Crippen molar-refractivity contribution in [3.63, 3.8) is 0 Å². The van der Waals surface area contributed by atoms with Gasteiger partial charge in [-0.25, -0.2) is 0 Å². The van der Waals surface area contributed by atoms with E-state index < -0.39 is 21.6 Å². The highest BCUT2D eigenvalue weighted by Gasteiger charge is 2.39. The molecule has 3 atom stereocenters. The monoisotopic (exact) mass is 312 g/mol. The van der Waals surface area contributed by atoms with Gasteiger partial charge in [0, 0.05) is 45.1 Å². The average Bonchev–Trinajstić information content (AvgIpc) is 2.76. The van der Waals surface area contributed by atoms with E-state index in [1.54, 1.807) is 12.1 Å². The summed E-state index contributed by atoms with van der Waals surface area (Å²) in [5.41, 5.74) is 0.674. The molecule has 1 aromatic rings. The van der Waals surface area contributed by atoms with Gasteiger partial charge in [0.15, 0.2) is 5.78 Å². The fourth-order valence-corrected chi connectivity index (χ4v) is 7.42. The summed E-state index contributed by atoms with van der Waals surface area (Å²) >= 11 is 0. The Morgan fingerprint density at radius 1 is 1.15 bits per heavy atom.